The van der Waals surface area contributed by atoms with Crippen molar-refractivity contribution in [3.05, 3.63) is 95.4 Å². The van der Waals surface area contributed by atoms with E-state index in [0.29, 0.717) is 16.4 Å². The second kappa shape index (κ2) is 9.64. The minimum Gasteiger partial charge on any atom is -0.381 e. The Morgan fingerprint density at radius 2 is 1.88 bits per heavy atom. The van der Waals surface area contributed by atoms with Gasteiger partial charge in [0.15, 0.2) is 6.10 Å². The second-order valence-electron chi connectivity index (χ2n) is 7.36. The fourth-order valence-electron chi connectivity index (χ4n) is 3.42. The van der Waals surface area contributed by atoms with Crippen LogP contribution in [0, 0.1) is 0 Å². The number of pyridine rings is 1. The largest absolute Gasteiger partial charge is 0.381 e. The van der Waals surface area contributed by atoms with E-state index in [2.05, 4.69) is 20.6 Å². The Balaban J connectivity index is 1.55. The summed E-state index contributed by atoms with van der Waals surface area (Å²) in [7, 11) is 0. The van der Waals surface area contributed by atoms with Crippen molar-refractivity contribution in [2.45, 2.75) is 18.6 Å². The molecule has 8 heteroatoms. The van der Waals surface area contributed by atoms with E-state index in [9.17, 15) is 14.7 Å². The molecular formula is C24H21ClN4O3. The Labute approximate surface area is 189 Å². The molecule has 0 aliphatic heterocycles. The van der Waals surface area contributed by atoms with Crippen molar-refractivity contribution in [3.8, 4) is 0 Å². The number of carbonyl (C=O) groups excluding carboxylic acids is 2. The molecule has 4 aromatic rings. The molecule has 2 aromatic heterocycles. The topological polar surface area (TPSA) is 107 Å². The summed E-state index contributed by atoms with van der Waals surface area (Å²) in [4.78, 5) is 32.6. The average Bonchev–Trinajstić information content (AvgIpc) is 3.23. The van der Waals surface area contributed by atoms with Gasteiger partial charge < -0.3 is 20.7 Å². The van der Waals surface area contributed by atoms with Crippen LogP contribution in [0.1, 0.15) is 16.1 Å². The molecule has 0 saturated carbocycles. The van der Waals surface area contributed by atoms with Crippen molar-refractivity contribution in [3.63, 3.8) is 0 Å². The molecule has 7 nitrogen and oxygen atoms in total. The second-order valence-corrected chi connectivity index (χ2v) is 7.80. The maximum Gasteiger partial charge on any atom is 0.268 e. The van der Waals surface area contributed by atoms with Gasteiger partial charge in [0.25, 0.3) is 11.8 Å². The van der Waals surface area contributed by atoms with E-state index in [1.165, 1.54) is 6.20 Å². The van der Waals surface area contributed by atoms with Gasteiger partial charge in [0.1, 0.15) is 5.69 Å². The highest BCUT2D eigenvalue weighted by Gasteiger charge is 2.29. The molecule has 0 spiro atoms. The molecule has 0 radical (unpaired) electrons. The number of carbonyl (C=O) groups is 2. The van der Waals surface area contributed by atoms with E-state index >= 15 is 0 Å². The maximum absolute atomic E-state index is 13.0. The van der Waals surface area contributed by atoms with Gasteiger partial charge in [-0.25, -0.2) is 0 Å². The molecule has 32 heavy (non-hydrogen) atoms. The van der Waals surface area contributed by atoms with Crippen LogP contribution < -0.4 is 10.6 Å². The number of H-pyrrole nitrogens is 1. The number of benzene rings is 2. The summed E-state index contributed by atoms with van der Waals surface area (Å²) < 4.78 is 0. The van der Waals surface area contributed by atoms with Crippen molar-refractivity contribution in [2.75, 3.05) is 5.32 Å². The minimum atomic E-state index is -1.49. The highest BCUT2D eigenvalue weighted by molar-refractivity contribution is 6.31. The molecule has 0 aliphatic carbocycles. The monoisotopic (exact) mass is 448 g/mol. The third kappa shape index (κ3) is 5.14. The SMILES string of the molecule is O=C(N[C@@H](Cc1ccccc1)[C@@H](O)C(=O)Nc1cccnc1)c1cc2cc(Cl)ccc2[nH]1. The smallest absolute Gasteiger partial charge is 0.268 e. The van der Waals surface area contributed by atoms with Crippen LogP contribution in [0.3, 0.4) is 0 Å². The highest BCUT2D eigenvalue weighted by Crippen LogP contribution is 2.20. The van der Waals surface area contributed by atoms with E-state index < -0.39 is 24.0 Å². The normalized spacial score (nSPS) is 12.8. The van der Waals surface area contributed by atoms with Crippen LogP contribution in [0.25, 0.3) is 10.9 Å². The van der Waals surface area contributed by atoms with Crippen molar-refractivity contribution < 1.29 is 14.7 Å². The molecule has 0 saturated heterocycles. The average molecular weight is 449 g/mol. The molecule has 0 fully saturated rings. The quantitative estimate of drug-likeness (QED) is 0.346. The van der Waals surface area contributed by atoms with Crippen LogP contribution in [0.4, 0.5) is 5.69 Å². The summed E-state index contributed by atoms with van der Waals surface area (Å²) in [5.41, 5.74) is 2.39. The summed E-state index contributed by atoms with van der Waals surface area (Å²) >= 11 is 6.03. The van der Waals surface area contributed by atoms with Crippen LogP contribution >= 0.6 is 11.6 Å². The summed E-state index contributed by atoms with van der Waals surface area (Å²) in [5.74, 6) is -1.07. The number of aromatic amines is 1. The Bertz CT molecular complexity index is 1230. The van der Waals surface area contributed by atoms with Gasteiger partial charge in [-0.05, 0) is 48.4 Å². The van der Waals surface area contributed by atoms with Crippen molar-refractivity contribution in [2.24, 2.45) is 0 Å². The summed E-state index contributed by atoms with van der Waals surface area (Å²) in [5, 5.41) is 17.6. The summed E-state index contributed by atoms with van der Waals surface area (Å²) in [6, 6.07) is 18.8. The molecular weight excluding hydrogens is 428 g/mol. The van der Waals surface area contributed by atoms with Gasteiger partial charge in [-0.2, -0.15) is 0 Å². The van der Waals surface area contributed by atoms with Crippen molar-refractivity contribution in [1.82, 2.24) is 15.3 Å². The van der Waals surface area contributed by atoms with Gasteiger partial charge >= 0.3 is 0 Å². The van der Waals surface area contributed by atoms with E-state index in [-0.39, 0.29) is 6.42 Å². The lowest BCUT2D eigenvalue weighted by atomic mass is 10.00. The number of nitrogens with one attached hydrogen (secondary N) is 3. The van der Waals surface area contributed by atoms with Gasteiger partial charge in [-0.1, -0.05) is 41.9 Å². The van der Waals surface area contributed by atoms with Crippen LogP contribution in [0.15, 0.2) is 79.1 Å². The molecule has 0 bridgehead atoms. The van der Waals surface area contributed by atoms with E-state index in [0.717, 1.165) is 16.5 Å². The predicted molar refractivity (Wildman–Crippen MR) is 124 cm³/mol. The standard InChI is InChI=1S/C24H21ClN4O3/c25-17-8-9-19-16(12-17)13-21(28-19)23(31)29-20(11-15-5-2-1-3-6-15)22(30)24(32)27-18-7-4-10-26-14-18/h1-10,12-14,20,22,28,30H,11H2,(H,27,32)(H,29,31)/t20-,22+/m0/s1. The zero-order valence-electron chi connectivity index (χ0n) is 17.0. The lowest BCUT2D eigenvalue weighted by Crippen LogP contribution is -2.50. The maximum atomic E-state index is 13.0. The lowest BCUT2D eigenvalue weighted by molar-refractivity contribution is -0.125. The molecule has 4 rings (SSSR count). The lowest BCUT2D eigenvalue weighted by Gasteiger charge is -2.23. The van der Waals surface area contributed by atoms with E-state index in [1.54, 1.807) is 42.6 Å². The number of aromatic nitrogens is 2. The minimum absolute atomic E-state index is 0.264. The first kappa shape index (κ1) is 21.5. The number of amides is 2. The molecule has 2 atom stereocenters. The number of rotatable bonds is 7. The summed E-state index contributed by atoms with van der Waals surface area (Å²) in [6.45, 7) is 0. The van der Waals surface area contributed by atoms with Crippen molar-refractivity contribution >= 4 is 40.0 Å². The molecule has 4 N–H and O–H groups in total. The first-order chi connectivity index (χ1) is 15.5. The number of hydrogen-bond donors (Lipinski definition) is 4. The molecule has 0 aliphatic rings. The number of fused-ring (bicyclic) bond motifs is 1. The van der Waals surface area contributed by atoms with Crippen molar-refractivity contribution in [1.29, 1.82) is 0 Å². The first-order valence-corrected chi connectivity index (χ1v) is 10.4. The molecule has 2 amide bonds. The van der Waals surface area contributed by atoms with Gasteiger partial charge in [0, 0.05) is 22.1 Å². The van der Waals surface area contributed by atoms with Crippen LogP contribution in [-0.2, 0) is 11.2 Å². The Kier molecular flexibility index (Phi) is 6.49. The zero-order valence-corrected chi connectivity index (χ0v) is 17.7. The predicted octanol–water partition coefficient (Wildman–Crippen LogP) is 3.56. The number of hydrogen-bond acceptors (Lipinski definition) is 4. The van der Waals surface area contributed by atoms with Crippen LogP contribution in [0.2, 0.25) is 5.02 Å². The van der Waals surface area contributed by atoms with Gasteiger partial charge in [0.05, 0.1) is 17.9 Å². The fraction of sp³-hybridized carbons (Fsp3) is 0.125. The fourth-order valence-corrected chi connectivity index (χ4v) is 3.60. The Hall–Kier alpha value is -3.68. The Morgan fingerprint density at radius 3 is 2.62 bits per heavy atom. The zero-order chi connectivity index (χ0) is 22.5. The van der Waals surface area contributed by atoms with Gasteiger partial charge in [0.2, 0.25) is 0 Å². The molecule has 0 unspecified atom stereocenters. The number of anilines is 1. The molecule has 2 aromatic carbocycles. The first-order valence-electron chi connectivity index (χ1n) is 10.0. The van der Waals surface area contributed by atoms with Gasteiger partial charge in [-0.15, -0.1) is 0 Å². The van der Waals surface area contributed by atoms with Crippen LogP contribution in [-0.4, -0.2) is 39.0 Å². The Morgan fingerprint density at radius 1 is 1.06 bits per heavy atom. The number of aliphatic hydroxyl groups is 1. The summed E-state index contributed by atoms with van der Waals surface area (Å²) in [6.07, 6.45) is 1.83. The van der Waals surface area contributed by atoms with E-state index in [4.69, 9.17) is 11.6 Å². The highest BCUT2D eigenvalue weighted by atomic mass is 35.5. The van der Waals surface area contributed by atoms with Gasteiger partial charge in [-0.3, -0.25) is 14.6 Å². The number of nitrogens with zero attached hydrogens (tertiary/aromatic N) is 1. The third-order valence-electron chi connectivity index (χ3n) is 5.02. The number of halogens is 1. The molecule has 162 valence electrons. The van der Waals surface area contributed by atoms with E-state index in [1.807, 2.05) is 30.3 Å². The molecule has 2 heterocycles. The van der Waals surface area contributed by atoms with Crippen LogP contribution in [0.5, 0.6) is 0 Å². The number of aliphatic hydroxyl groups excluding tert-OH is 1. The third-order valence-corrected chi connectivity index (χ3v) is 5.26.